The number of carbonyl (C=O) groups is 1. The molecule has 0 saturated carbocycles. The molecular formula is C13H19NO4. The number of carbonyl (C=O) groups excluding carboxylic acids is 1. The molecule has 0 radical (unpaired) electrons. The first-order valence-electron chi connectivity index (χ1n) is 5.80. The van der Waals surface area contributed by atoms with E-state index in [2.05, 4.69) is 0 Å². The second-order valence-corrected chi connectivity index (χ2v) is 3.82. The van der Waals surface area contributed by atoms with Crippen LogP contribution in [0.25, 0.3) is 6.08 Å². The number of hydrogen-bond donors (Lipinski definition) is 1. The maximum Gasteiger partial charge on any atom is 0.246 e. The van der Waals surface area contributed by atoms with E-state index in [1.807, 2.05) is 13.0 Å². The van der Waals surface area contributed by atoms with Crippen molar-refractivity contribution in [3.63, 3.8) is 0 Å². The SMILES string of the molecule is COCCN(CCO)C(=O)/C=C/c1ccc(C)o1. The van der Waals surface area contributed by atoms with Crippen molar-refractivity contribution < 1.29 is 19.1 Å². The van der Waals surface area contributed by atoms with Crippen LogP contribution in [0, 0.1) is 6.92 Å². The third-order valence-electron chi connectivity index (χ3n) is 2.40. The maximum atomic E-state index is 11.8. The van der Waals surface area contributed by atoms with E-state index in [1.165, 1.54) is 11.0 Å². The number of aliphatic hydroxyl groups excluding tert-OH is 1. The van der Waals surface area contributed by atoms with Crippen LogP contribution in [-0.4, -0.2) is 49.3 Å². The summed E-state index contributed by atoms with van der Waals surface area (Å²) in [5, 5.41) is 8.90. The molecule has 1 amide bonds. The van der Waals surface area contributed by atoms with Crippen LogP contribution in [0.3, 0.4) is 0 Å². The van der Waals surface area contributed by atoms with Crippen LogP contribution >= 0.6 is 0 Å². The molecule has 5 heteroatoms. The van der Waals surface area contributed by atoms with Crippen molar-refractivity contribution in [2.75, 3.05) is 33.4 Å². The lowest BCUT2D eigenvalue weighted by atomic mass is 10.3. The second kappa shape index (κ2) is 7.68. The molecule has 0 spiro atoms. The summed E-state index contributed by atoms with van der Waals surface area (Å²) in [5.74, 6) is 1.26. The number of hydrogen-bond acceptors (Lipinski definition) is 4. The number of ether oxygens (including phenoxy) is 1. The predicted molar refractivity (Wildman–Crippen MR) is 68.0 cm³/mol. The van der Waals surface area contributed by atoms with Crippen LogP contribution in [-0.2, 0) is 9.53 Å². The maximum absolute atomic E-state index is 11.8. The molecule has 0 aliphatic heterocycles. The Bertz CT molecular complexity index is 397. The van der Waals surface area contributed by atoms with Crippen molar-refractivity contribution in [3.8, 4) is 0 Å². The van der Waals surface area contributed by atoms with Crippen LogP contribution in [0.2, 0.25) is 0 Å². The molecule has 0 bridgehead atoms. The largest absolute Gasteiger partial charge is 0.462 e. The van der Waals surface area contributed by atoms with Gasteiger partial charge in [-0.1, -0.05) is 0 Å². The molecule has 18 heavy (non-hydrogen) atoms. The summed E-state index contributed by atoms with van der Waals surface area (Å²) in [4.78, 5) is 13.4. The van der Waals surface area contributed by atoms with Crippen molar-refractivity contribution in [2.24, 2.45) is 0 Å². The fraction of sp³-hybridized carbons (Fsp3) is 0.462. The van der Waals surface area contributed by atoms with E-state index in [-0.39, 0.29) is 12.5 Å². The Kier molecular flexibility index (Phi) is 6.18. The van der Waals surface area contributed by atoms with Crippen molar-refractivity contribution in [1.82, 2.24) is 4.90 Å². The Morgan fingerprint density at radius 1 is 1.50 bits per heavy atom. The zero-order valence-electron chi connectivity index (χ0n) is 10.8. The van der Waals surface area contributed by atoms with Crippen LogP contribution in [0.1, 0.15) is 11.5 Å². The lowest BCUT2D eigenvalue weighted by Crippen LogP contribution is -2.34. The third-order valence-corrected chi connectivity index (χ3v) is 2.40. The molecule has 0 aromatic carbocycles. The Morgan fingerprint density at radius 3 is 2.83 bits per heavy atom. The zero-order chi connectivity index (χ0) is 13.4. The molecule has 1 aromatic rings. The number of amides is 1. The van der Waals surface area contributed by atoms with Gasteiger partial charge in [-0.15, -0.1) is 0 Å². The van der Waals surface area contributed by atoms with Gasteiger partial charge in [0.25, 0.3) is 0 Å². The highest BCUT2D eigenvalue weighted by atomic mass is 16.5. The van der Waals surface area contributed by atoms with Crippen molar-refractivity contribution >= 4 is 12.0 Å². The Balaban J connectivity index is 2.57. The lowest BCUT2D eigenvalue weighted by molar-refractivity contribution is -0.127. The molecule has 0 unspecified atom stereocenters. The van der Waals surface area contributed by atoms with Crippen molar-refractivity contribution in [1.29, 1.82) is 0 Å². The van der Waals surface area contributed by atoms with Gasteiger partial charge < -0.3 is 19.2 Å². The van der Waals surface area contributed by atoms with E-state index in [0.29, 0.717) is 25.5 Å². The fourth-order valence-electron chi connectivity index (χ4n) is 1.46. The number of furan rings is 1. The van der Waals surface area contributed by atoms with Crippen LogP contribution in [0.5, 0.6) is 0 Å². The van der Waals surface area contributed by atoms with Crippen LogP contribution in [0.4, 0.5) is 0 Å². The first-order chi connectivity index (χ1) is 8.67. The number of methoxy groups -OCH3 is 1. The molecule has 0 atom stereocenters. The van der Waals surface area contributed by atoms with Crippen molar-refractivity contribution in [2.45, 2.75) is 6.92 Å². The number of nitrogens with zero attached hydrogens (tertiary/aromatic N) is 1. The normalized spacial score (nSPS) is 11.1. The van der Waals surface area contributed by atoms with E-state index < -0.39 is 0 Å². The quantitative estimate of drug-likeness (QED) is 0.738. The summed E-state index contributed by atoms with van der Waals surface area (Å²) >= 11 is 0. The molecule has 0 aliphatic carbocycles. The summed E-state index contributed by atoms with van der Waals surface area (Å²) in [6.45, 7) is 2.97. The Morgan fingerprint density at radius 2 is 2.28 bits per heavy atom. The fourth-order valence-corrected chi connectivity index (χ4v) is 1.46. The smallest absolute Gasteiger partial charge is 0.246 e. The van der Waals surface area contributed by atoms with Gasteiger partial charge in [0.1, 0.15) is 11.5 Å². The molecule has 100 valence electrons. The highest BCUT2D eigenvalue weighted by Gasteiger charge is 2.09. The van der Waals surface area contributed by atoms with E-state index in [4.69, 9.17) is 14.3 Å². The molecular weight excluding hydrogens is 234 g/mol. The van der Waals surface area contributed by atoms with Gasteiger partial charge >= 0.3 is 0 Å². The molecule has 1 N–H and O–H groups in total. The molecule has 0 aliphatic rings. The summed E-state index contributed by atoms with van der Waals surface area (Å²) < 4.78 is 10.2. The predicted octanol–water partition coefficient (Wildman–Crippen LogP) is 1.07. The average molecular weight is 253 g/mol. The molecule has 1 heterocycles. The van der Waals surface area contributed by atoms with E-state index in [1.54, 1.807) is 19.3 Å². The summed E-state index contributed by atoms with van der Waals surface area (Å²) in [6.07, 6.45) is 3.05. The second-order valence-electron chi connectivity index (χ2n) is 3.82. The highest BCUT2D eigenvalue weighted by Crippen LogP contribution is 2.08. The lowest BCUT2D eigenvalue weighted by Gasteiger charge is -2.19. The van der Waals surface area contributed by atoms with Gasteiger partial charge in [-0.3, -0.25) is 4.79 Å². The summed E-state index contributed by atoms with van der Waals surface area (Å²) in [6, 6.07) is 3.63. The average Bonchev–Trinajstić information content (AvgIpc) is 2.77. The van der Waals surface area contributed by atoms with Crippen molar-refractivity contribution in [3.05, 3.63) is 29.7 Å². The minimum atomic E-state index is -0.171. The molecule has 1 aromatic heterocycles. The first-order valence-corrected chi connectivity index (χ1v) is 5.80. The van der Waals surface area contributed by atoms with E-state index in [0.717, 1.165) is 5.76 Å². The van der Waals surface area contributed by atoms with Gasteiger partial charge in [-0.05, 0) is 25.1 Å². The van der Waals surface area contributed by atoms with Gasteiger partial charge in [0.05, 0.1) is 13.2 Å². The molecule has 5 nitrogen and oxygen atoms in total. The van der Waals surface area contributed by atoms with Gasteiger partial charge in [0, 0.05) is 26.3 Å². The van der Waals surface area contributed by atoms with Gasteiger partial charge in [-0.25, -0.2) is 0 Å². The van der Waals surface area contributed by atoms with E-state index >= 15 is 0 Å². The summed E-state index contributed by atoms with van der Waals surface area (Å²) in [7, 11) is 1.57. The standard InChI is InChI=1S/C13H19NO4/c1-11-3-4-12(18-11)5-6-13(16)14(7-9-15)8-10-17-2/h3-6,15H,7-10H2,1-2H3/b6-5+. The zero-order valence-corrected chi connectivity index (χ0v) is 10.8. The number of aliphatic hydroxyl groups is 1. The van der Waals surface area contributed by atoms with Crippen LogP contribution in [0.15, 0.2) is 22.6 Å². The highest BCUT2D eigenvalue weighted by molar-refractivity contribution is 5.91. The topological polar surface area (TPSA) is 62.9 Å². The summed E-state index contributed by atoms with van der Waals surface area (Å²) in [5.41, 5.74) is 0. The van der Waals surface area contributed by atoms with Crippen LogP contribution < -0.4 is 0 Å². The van der Waals surface area contributed by atoms with E-state index in [9.17, 15) is 4.79 Å². The van der Waals surface area contributed by atoms with Gasteiger partial charge in [0.2, 0.25) is 5.91 Å². The Hall–Kier alpha value is -1.59. The monoisotopic (exact) mass is 253 g/mol. The molecule has 0 fully saturated rings. The van der Waals surface area contributed by atoms with Gasteiger partial charge in [0.15, 0.2) is 0 Å². The molecule has 1 rings (SSSR count). The van der Waals surface area contributed by atoms with Gasteiger partial charge in [-0.2, -0.15) is 0 Å². The number of aryl methyl sites for hydroxylation is 1. The third kappa shape index (κ3) is 4.73. The number of rotatable bonds is 7. The minimum Gasteiger partial charge on any atom is -0.462 e. The molecule has 0 saturated heterocycles. The Labute approximate surface area is 107 Å². The first kappa shape index (κ1) is 14.5. The minimum absolute atomic E-state index is 0.0663.